The average Bonchev–Trinajstić information content (AvgIpc) is 3.22. The smallest absolute Gasteiger partial charge is 0.186 e. The molecular weight excluding hydrogens is 385 g/mol. The molecule has 1 saturated heterocycles. The van der Waals surface area contributed by atoms with Crippen LogP contribution >= 0.6 is 23.4 Å². The van der Waals surface area contributed by atoms with Crippen LogP contribution in [0.2, 0.25) is 5.02 Å². The van der Waals surface area contributed by atoms with Crippen LogP contribution in [0.4, 0.5) is 4.39 Å². The van der Waals surface area contributed by atoms with Crippen LogP contribution < -0.4 is 0 Å². The predicted octanol–water partition coefficient (Wildman–Crippen LogP) is 5.02. The molecule has 4 nitrogen and oxygen atoms in total. The van der Waals surface area contributed by atoms with E-state index in [-0.39, 0.29) is 11.9 Å². The van der Waals surface area contributed by atoms with Crippen molar-refractivity contribution in [2.24, 2.45) is 0 Å². The molecule has 2 aromatic carbocycles. The fraction of sp³-hybridized carbons (Fsp3) is 0.200. The van der Waals surface area contributed by atoms with E-state index >= 15 is 0 Å². The maximum Gasteiger partial charge on any atom is 0.186 e. The fourth-order valence-corrected chi connectivity index (χ4v) is 4.06. The van der Waals surface area contributed by atoms with Gasteiger partial charge in [0.25, 0.3) is 0 Å². The largest absolute Gasteiger partial charge is 0.354 e. The molecule has 3 aromatic rings. The quantitative estimate of drug-likeness (QED) is 0.317. The Bertz CT molecular complexity index is 962. The van der Waals surface area contributed by atoms with Gasteiger partial charge in [0.2, 0.25) is 0 Å². The van der Waals surface area contributed by atoms with Crippen LogP contribution in [0.3, 0.4) is 0 Å². The van der Waals surface area contributed by atoms with Gasteiger partial charge in [0, 0.05) is 16.3 Å². The number of nitrogens with zero attached hydrogens (tertiary/aromatic N) is 3. The van der Waals surface area contributed by atoms with Crippen molar-refractivity contribution >= 4 is 23.4 Å². The van der Waals surface area contributed by atoms with Gasteiger partial charge in [-0.2, -0.15) is 5.10 Å². The SMILES string of the molecule is C=CCSc1ncnn1C[C@]1(c2ccc(F)cc2)O[C@@H]1c1ccccc1Cl. The summed E-state index contributed by atoms with van der Waals surface area (Å²) in [5.74, 6) is 0.448. The second-order valence-electron chi connectivity index (χ2n) is 6.22. The summed E-state index contributed by atoms with van der Waals surface area (Å²) in [4.78, 5) is 4.31. The molecule has 2 atom stereocenters. The van der Waals surface area contributed by atoms with E-state index in [9.17, 15) is 4.39 Å². The van der Waals surface area contributed by atoms with Crippen molar-refractivity contribution in [1.29, 1.82) is 0 Å². The average molecular weight is 402 g/mol. The summed E-state index contributed by atoms with van der Waals surface area (Å²) < 4.78 is 21.5. The van der Waals surface area contributed by atoms with Crippen molar-refractivity contribution in [3.8, 4) is 0 Å². The normalized spacial score (nSPS) is 21.2. The Morgan fingerprint density at radius 3 is 2.78 bits per heavy atom. The van der Waals surface area contributed by atoms with Crippen molar-refractivity contribution in [2.45, 2.75) is 23.4 Å². The van der Waals surface area contributed by atoms with E-state index < -0.39 is 5.60 Å². The van der Waals surface area contributed by atoms with E-state index in [1.165, 1.54) is 18.5 Å². The minimum atomic E-state index is -0.671. The van der Waals surface area contributed by atoms with Crippen molar-refractivity contribution in [1.82, 2.24) is 14.8 Å². The third kappa shape index (κ3) is 3.52. The molecule has 27 heavy (non-hydrogen) atoms. The number of ether oxygens (including phenoxy) is 1. The third-order valence-electron chi connectivity index (χ3n) is 4.51. The molecular formula is C20H17ClFN3OS. The molecule has 0 unspecified atom stereocenters. The predicted molar refractivity (Wildman–Crippen MR) is 104 cm³/mol. The standard InChI is InChI=1S/C20H17ClFN3OS/c1-2-11-27-19-23-13-24-25(19)12-20(14-7-9-15(22)10-8-14)18(26-20)16-5-3-4-6-17(16)21/h2-10,13,18H,1,11-12H2/t18-,20-/m1/s1. The van der Waals surface area contributed by atoms with Gasteiger partial charge in [0.1, 0.15) is 23.8 Å². The molecule has 0 spiro atoms. The highest BCUT2D eigenvalue weighted by Gasteiger charge is 2.59. The number of rotatable bonds is 7. The Kier molecular flexibility index (Phi) is 5.04. The highest BCUT2D eigenvalue weighted by molar-refractivity contribution is 7.99. The van der Waals surface area contributed by atoms with Gasteiger partial charge < -0.3 is 4.74 Å². The summed E-state index contributed by atoms with van der Waals surface area (Å²) in [5, 5.41) is 5.78. The van der Waals surface area contributed by atoms with Crippen LogP contribution in [0.15, 0.2) is 72.7 Å². The summed E-state index contributed by atoms with van der Waals surface area (Å²) in [6, 6.07) is 14.0. The molecule has 0 N–H and O–H groups in total. The summed E-state index contributed by atoms with van der Waals surface area (Å²) in [7, 11) is 0. The summed E-state index contributed by atoms with van der Waals surface area (Å²) in [6.07, 6.45) is 3.11. The van der Waals surface area contributed by atoms with E-state index in [4.69, 9.17) is 16.3 Å². The molecule has 2 heterocycles. The van der Waals surface area contributed by atoms with E-state index in [2.05, 4.69) is 16.7 Å². The first-order chi connectivity index (χ1) is 13.1. The van der Waals surface area contributed by atoms with Crippen molar-refractivity contribution in [3.05, 3.63) is 89.5 Å². The van der Waals surface area contributed by atoms with Crippen molar-refractivity contribution < 1.29 is 9.13 Å². The third-order valence-corrected chi connectivity index (χ3v) is 5.83. The maximum absolute atomic E-state index is 13.5. The highest BCUT2D eigenvalue weighted by Crippen LogP contribution is 2.59. The van der Waals surface area contributed by atoms with Crippen molar-refractivity contribution in [2.75, 3.05) is 5.75 Å². The lowest BCUT2D eigenvalue weighted by atomic mass is 9.91. The molecule has 0 radical (unpaired) electrons. The molecule has 1 aliphatic heterocycles. The van der Waals surface area contributed by atoms with Crippen LogP contribution in [0.5, 0.6) is 0 Å². The Labute approximate surface area is 166 Å². The van der Waals surface area contributed by atoms with Gasteiger partial charge in [0.05, 0.1) is 6.54 Å². The first-order valence-corrected chi connectivity index (χ1v) is 9.80. The molecule has 1 aliphatic rings. The van der Waals surface area contributed by atoms with E-state index in [0.717, 1.165) is 22.0 Å². The number of hydrogen-bond donors (Lipinski definition) is 0. The maximum atomic E-state index is 13.5. The first kappa shape index (κ1) is 18.2. The van der Waals surface area contributed by atoms with Gasteiger partial charge in [-0.1, -0.05) is 59.8 Å². The Morgan fingerprint density at radius 2 is 2.04 bits per heavy atom. The van der Waals surface area contributed by atoms with E-state index in [1.807, 2.05) is 35.0 Å². The van der Waals surface area contributed by atoms with E-state index in [0.29, 0.717) is 11.6 Å². The second-order valence-corrected chi connectivity index (χ2v) is 7.61. The Morgan fingerprint density at radius 1 is 1.26 bits per heavy atom. The van der Waals surface area contributed by atoms with Crippen LogP contribution in [-0.4, -0.2) is 20.5 Å². The molecule has 0 saturated carbocycles. The zero-order valence-electron chi connectivity index (χ0n) is 14.4. The monoisotopic (exact) mass is 401 g/mol. The molecule has 0 amide bonds. The number of aromatic nitrogens is 3. The zero-order valence-corrected chi connectivity index (χ0v) is 16.0. The minimum absolute atomic E-state index is 0.238. The lowest BCUT2D eigenvalue weighted by Gasteiger charge is -2.15. The number of epoxide rings is 1. The van der Waals surface area contributed by atoms with Gasteiger partial charge >= 0.3 is 0 Å². The second kappa shape index (κ2) is 7.46. The van der Waals surface area contributed by atoms with Gasteiger partial charge in [-0.05, 0) is 23.8 Å². The van der Waals surface area contributed by atoms with Gasteiger partial charge in [-0.25, -0.2) is 14.1 Å². The Hall–Kier alpha value is -2.15. The van der Waals surface area contributed by atoms with Crippen LogP contribution in [0, 0.1) is 5.82 Å². The number of benzene rings is 2. The van der Waals surface area contributed by atoms with Crippen LogP contribution in [0.25, 0.3) is 0 Å². The molecule has 0 bridgehead atoms. The van der Waals surface area contributed by atoms with Crippen LogP contribution in [-0.2, 0) is 16.9 Å². The minimum Gasteiger partial charge on any atom is -0.354 e. The molecule has 0 aliphatic carbocycles. The van der Waals surface area contributed by atoms with Crippen LogP contribution in [0.1, 0.15) is 17.2 Å². The number of halogens is 2. The molecule has 138 valence electrons. The van der Waals surface area contributed by atoms with Crippen molar-refractivity contribution in [3.63, 3.8) is 0 Å². The number of hydrogen-bond acceptors (Lipinski definition) is 4. The van der Waals surface area contributed by atoms with E-state index in [1.54, 1.807) is 23.9 Å². The topological polar surface area (TPSA) is 43.2 Å². The molecule has 1 aromatic heterocycles. The molecule has 1 fully saturated rings. The highest BCUT2D eigenvalue weighted by atomic mass is 35.5. The molecule has 4 rings (SSSR count). The van der Waals surface area contributed by atoms with Gasteiger partial charge in [0.15, 0.2) is 5.16 Å². The first-order valence-electron chi connectivity index (χ1n) is 8.44. The number of thioether (sulfide) groups is 1. The lowest BCUT2D eigenvalue weighted by molar-refractivity contribution is 0.256. The van der Waals surface area contributed by atoms with Gasteiger partial charge in [-0.3, -0.25) is 0 Å². The lowest BCUT2D eigenvalue weighted by Crippen LogP contribution is -2.20. The Balaban J connectivity index is 1.71. The summed E-state index contributed by atoms with van der Waals surface area (Å²) >= 11 is 7.94. The molecule has 7 heteroatoms. The zero-order chi connectivity index (χ0) is 18.9. The van der Waals surface area contributed by atoms with Gasteiger partial charge in [-0.15, -0.1) is 6.58 Å². The summed E-state index contributed by atoms with van der Waals surface area (Å²) in [6.45, 7) is 4.19. The summed E-state index contributed by atoms with van der Waals surface area (Å²) in [5.41, 5.74) is 1.11. The fourth-order valence-electron chi connectivity index (χ4n) is 3.17.